The predicted octanol–water partition coefficient (Wildman–Crippen LogP) is 6.66. The zero-order valence-electron chi connectivity index (χ0n) is 19.3. The number of carbonyl (C=O) groups is 1. The zero-order valence-corrected chi connectivity index (χ0v) is 19.3. The van der Waals surface area contributed by atoms with Crippen LogP contribution in [0.1, 0.15) is 38.4 Å². The fourth-order valence-electron chi connectivity index (χ4n) is 4.41. The van der Waals surface area contributed by atoms with E-state index in [9.17, 15) is 9.90 Å². The van der Waals surface area contributed by atoms with Gasteiger partial charge in [0.1, 0.15) is 5.82 Å². The maximum absolute atomic E-state index is 11.6. The molecule has 5 aromatic rings. The number of aromatic carboxylic acids is 1. The summed E-state index contributed by atoms with van der Waals surface area (Å²) in [6, 6.07) is 30.1. The van der Waals surface area contributed by atoms with E-state index in [1.165, 1.54) is 16.7 Å². The second kappa shape index (κ2) is 8.99. The molecule has 34 heavy (non-hydrogen) atoms. The molecule has 0 fully saturated rings. The standard InChI is InChI=1S/C30H26N2O2/c1-20-16-27-28(17-21(20)2)32(29(31-27)18-22-8-4-3-5-9-22)19-23-12-14-24(15-13-23)25-10-6-7-11-26(25)30(33)34/h3-17H,18-19H2,1-2H3,(H,33,34). The number of hydrogen-bond acceptors (Lipinski definition) is 2. The Hall–Kier alpha value is -4.18. The topological polar surface area (TPSA) is 55.1 Å². The molecule has 4 nitrogen and oxygen atoms in total. The maximum Gasteiger partial charge on any atom is 0.336 e. The Balaban J connectivity index is 1.52. The van der Waals surface area contributed by atoms with Crippen molar-refractivity contribution in [3.63, 3.8) is 0 Å². The first-order valence-corrected chi connectivity index (χ1v) is 11.4. The summed E-state index contributed by atoms with van der Waals surface area (Å²) in [5, 5.41) is 9.54. The van der Waals surface area contributed by atoms with Crippen molar-refractivity contribution in [3.8, 4) is 11.1 Å². The van der Waals surface area contributed by atoms with Gasteiger partial charge in [-0.1, -0.05) is 72.8 Å². The van der Waals surface area contributed by atoms with E-state index in [1.807, 2.05) is 30.3 Å². The van der Waals surface area contributed by atoms with Crippen LogP contribution < -0.4 is 0 Å². The number of benzene rings is 4. The van der Waals surface area contributed by atoms with E-state index < -0.39 is 5.97 Å². The molecule has 0 aliphatic carbocycles. The molecule has 0 saturated carbocycles. The van der Waals surface area contributed by atoms with Crippen molar-refractivity contribution < 1.29 is 9.90 Å². The van der Waals surface area contributed by atoms with Gasteiger partial charge >= 0.3 is 5.97 Å². The number of hydrogen-bond donors (Lipinski definition) is 1. The average Bonchev–Trinajstić information content (AvgIpc) is 3.16. The van der Waals surface area contributed by atoms with Crippen LogP contribution >= 0.6 is 0 Å². The second-order valence-corrected chi connectivity index (χ2v) is 8.75. The lowest BCUT2D eigenvalue weighted by atomic mass is 9.98. The van der Waals surface area contributed by atoms with Gasteiger partial charge in [-0.15, -0.1) is 0 Å². The highest BCUT2D eigenvalue weighted by Crippen LogP contribution is 2.26. The van der Waals surface area contributed by atoms with Gasteiger partial charge in [0.05, 0.1) is 16.6 Å². The van der Waals surface area contributed by atoms with Crippen LogP contribution in [0.25, 0.3) is 22.2 Å². The summed E-state index contributed by atoms with van der Waals surface area (Å²) in [6.45, 7) is 4.96. The van der Waals surface area contributed by atoms with Gasteiger partial charge in [0.2, 0.25) is 0 Å². The first-order valence-electron chi connectivity index (χ1n) is 11.4. The number of aryl methyl sites for hydroxylation is 2. The van der Waals surface area contributed by atoms with Crippen LogP contribution in [-0.2, 0) is 13.0 Å². The molecule has 168 valence electrons. The number of rotatable bonds is 6. The van der Waals surface area contributed by atoms with Gasteiger partial charge in [-0.05, 0) is 65.4 Å². The Morgan fingerprint density at radius 2 is 1.50 bits per heavy atom. The van der Waals surface area contributed by atoms with Crippen molar-refractivity contribution in [1.82, 2.24) is 9.55 Å². The van der Waals surface area contributed by atoms with Crippen molar-refractivity contribution in [1.29, 1.82) is 0 Å². The minimum absolute atomic E-state index is 0.312. The molecular weight excluding hydrogens is 420 g/mol. The van der Waals surface area contributed by atoms with E-state index in [-0.39, 0.29) is 0 Å². The summed E-state index contributed by atoms with van der Waals surface area (Å²) < 4.78 is 2.30. The molecular formula is C30H26N2O2. The predicted molar refractivity (Wildman–Crippen MR) is 136 cm³/mol. The van der Waals surface area contributed by atoms with Gasteiger partial charge in [0.25, 0.3) is 0 Å². The number of aromatic nitrogens is 2. The lowest BCUT2D eigenvalue weighted by molar-refractivity contribution is 0.0697. The molecule has 0 unspecified atom stereocenters. The molecule has 0 aliphatic rings. The van der Waals surface area contributed by atoms with Gasteiger partial charge in [-0.25, -0.2) is 9.78 Å². The third-order valence-corrected chi connectivity index (χ3v) is 6.41. The molecule has 0 radical (unpaired) electrons. The smallest absolute Gasteiger partial charge is 0.336 e. The third kappa shape index (κ3) is 4.23. The van der Waals surface area contributed by atoms with Crippen LogP contribution in [0, 0.1) is 13.8 Å². The summed E-state index contributed by atoms with van der Waals surface area (Å²) in [5.74, 6) is 0.118. The number of carboxylic acids is 1. The van der Waals surface area contributed by atoms with Crippen LogP contribution in [0.5, 0.6) is 0 Å². The zero-order chi connectivity index (χ0) is 23.7. The first-order chi connectivity index (χ1) is 16.5. The van der Waals surface area contributed by atoms with Gasteiger partial charge in [-0.3, -0.25) is 0 Å². The van der Waals surface area contributed by atoms with Gasteiger partial charge in [0.15, 0.2) is 0 Å². The number of nitrogens with zero attached hydrogens (tertiary/aromatic N) is 2. The fraction of sp³-hybridized carbons (Fsp3) is 0.133. The lowest BCUT2D eigenvalue weighted by Crippen LogP contribution is -2.06. The monoisotopic (exact) mass is 446 g/mol. The molecule has 0 spiro atoms. The Morgan fingerprint density at radius 1 is 0.824 bits per heavy atom. The molecule has 0 amide bonds. The molecule has 1 aromatic heterocycles. The summed E-state index contributed by atoms with van der Waals surface area (Å²) in [4.78, 5) is 16.6. The maximum atomic E-state index is 11.6. The molecule has 4 heteroatoms. The molecule has 0 bridgehead atoms. The van der Waals surface area contributed by atoms with Gasteiger partial charge < -0.3 is 9.67 Å². The minimum atomic E-state index is -0.916. The van der Waals surface area contributed by atoms with E-state index in [0.29, 0.717) is 12.1 Å². The highest BCUT2D eigenvalue weighted by atomic mass is 16.4. The highest BCUT2D eigenvalue weighted by Gasteiger charge is 2.14. The third-order valence-electron chi connectivity index (χ3n) is 6.41. The van der Waals surface area contributed by atoms with Crippen molar-refractivity contribution in [2.75, 3.05) is 0 Å². The second-order valence-electron chi connectivity index (χ2n) is 8.75. The Bertz CT molecular complexity index is 1480. The van der Waals surface area contributed by atoms with Crippen LogP contribution in [0.4, 0.5) is 0 Å². The van der Waals surface area contributed by atoms with Crippen LogP contribution in [-0.4, -0.2) is 20.6 Å². The Labute approximate surface area is 199 Å². The van der Waals surface area contributed by atoms with Crippen molar-refractivity contribution in [2.45, 2.75) is 26.8 Å². The Morgan fingerprint density at radius 3 is 2.24 bits per heavy atom. The van der Waals surface area contributed by atoms with Crippen molar-refractivity contribution in [2.24, 2.45) is 0 Å². The van der Waals surface area contributed by atoms with E-state index in [1.54, 1.807) is 12.1 Å². The van der Waals surface area contributed by atoms with E-state index >= 15 is 0 Å². The van der Waals surface area contributed by atoms with Crippen LogP contribution in [0.3, 0.4) is 0 Å². The molecule has 0 aliphatic heterocycles. The van der Waals surface area contributed by atoms with Crippen LogP contribution in [0.2, 0.25) is 0 Å². The molecule has 4 aromatic carbocycles. The minimum Gasteiger partial charge on any atom is -0.478 e. The molecule has 5 rings (SSSR count). The lowest BCUT2D eigenvalue weighted by Gasteiger charge is -2.12. The van der Waals surface area contributed by atoms with Crippen molar-refractivity contribution in [3.05, 3.63) is 125 Å². The fourth-order valence-corrected chi connectivity index (χ4v) is 4.41. The molecule has 0 atom stereocenters. The van der Waals surface area contributed by atoms with E-state index in [0.717, 1.165) is 40.0 Å². The normalized spacial score (nSPS) is 11.1. The van der Waals surface area contributed by atoms with Gasteiger partial charge in [0, 0.05) is 13.0 Å². The summed E-state index contributed by atoms with van der Waals surface area (Å²) in [5.41, 5.74) is 8.95. The summed E-state index contributed by atoms with van der Waals surface area (Å²) in [7, 11) is 0. The van der Waals surface area contributed by atoms with Crippen LogP contribution in [0.15, 0.2) is 91.0 Å². The summed E-state index contributed by atoms with van der Waals surface area (Å²) in [6.07, 6.45) is 0.762. The van der Waals surface area contributed by atoms with Crippen molar-refractivity contribution >= 4 is 17.0 Å². The SMILES string of the molecule is Cc1cc2nc(Cc3ccccc3)n(Cc3ccc(-c4ccccc4C(=O)O)cc3)c2cc1C. The molecule has 0 saturated heterocycles. The highest BCUT2D eigenvalue weighted by molar-refractivity contribution is 5.96. The first kappa shape index (κ1) is 21.7. The quantitative estimate of drug-likeness (QED) is 0.317. The number of carboxylic acid groups (broad SMARTS) is 1. The Kier molecular flexibility index (Phi) is 5.72. The average molecular weight is 447 g/mol. The summed E-state index contributed by atoms with van der Waals surface area (Å²) >= 11 is 0. The van der Waals surface area contributed by atoms with Gasteiger partial charge in [-0.2, -0.15) is 0 Å². The molecule has 1 heterocycles. The van der Waals surface area contributed by atoms with E-state index in [4.69, 9.17) is 4.98 Å². The van der Waals surface area contributed by atoms with E-state index in [2.05, 4.69) is 66.9 Å². The number of fused-ring (bicyclic) bond motifs is 1. The molecule has 1 N–H and O–H groups in total. The number of imidazole rings is 1. The largest absolute Gasteiger partial charge is 0.478 e.